The molecule has 22 heavy (non-hydrogen) atoms. The molecule has 1 aliphatic heterocycles. The molecule has 0 amide bonds. The van der Waals surface area contributed by atoms with Crippen molar-refractivity contribution in [3.63, 3.8) is 0 Å². The zero-order chi connectivity index (χ0) is 14.2. The summed E-state index contributed by atoms with van der Waals surface area (Å²) in [6.45, 7) is 3.56. The predicted molar refractivity (Wildman–Crippen MR) is 82.7 cm³/mol. The molecular formula is C14H21ClN6O. The Labute approximate surface area is 135 Å². The second-order valence-corrected chi connectivity index (χ2v) is 5.91. The highest BCUT2D eigenvalue weighted by Gasteiger charge is 2.31. The molecule has 120 valence electrons. The Balaban J connectivity index is 0.00000144. The van der Waals surface area contributed by atoms with E-state index >= 15 is 0 Å². The van der Waals surface area contributed by atoms with Gasteiger partial charge >= 0.3 is 0 Å². The maximum atomic E-state index is 5.36. The number of hydrogen-bond donors (Lipinski definition) is 1. The van der Waals surface area contributed by atoms with Crippen LogP contribution in [-0.2, 0) is 13.6 Å². The fraction of sp³-hybridized carbons (Fsp3) is 0.643. The van der Waals surface area contributed by atoms with Crippen LogP contribution in [0.25, 0.3) is 0 Å². The third-order valence-electron chi connectivity index (χ3n) is 4.27. The number of aryl methyl sites for hydroxylation is 1. The van der Waals surface area contributed by atoms with Gasteiger partial charge in [-0.25, -0.2) is 4.98 Å². The molecule has 4 rings (SSSR count). The van der Waals surface area contributed by atoms with Crippen molar-refractivity contribution in [2.45, 2.75) is 31.3 Å². The van der Waals surface area contributed by atoms with Crippen molar-refractivity contribution in [2.24, 2.45) is 7.05 Å². The first-order valence-electron chi connectivity index (χ1n) is 7.56. The standard InChI is InChI=1S/C14H20N6O.ClH/c1-19-6-5-16-13(19)11-8-15-4-7-20(11)9-12-17-14(21-18-12)10-2-3-10;/h5-6,10-11,15H,2-4,7-9H2,1H3;1H. The molecule has 2 aromatic rings. The van der Waals surface area contributed by atoms with Crippen LogP contribution in [0.5, 0.6) is 0 Å². The van der Waals surface area contributed by atoms with Crippen LogP contribution in [0.4, 0.5) is 0 Å². The highest BCUT2D eigenvalue weighted by molar-refractivity contribution is 5.85. The minimum Gasteiger partial charge on any atom is -0.339 e. The molecule has 1 unspecified atom stereocenters. The minimum atomic E-state index is 0. The van der Waals surface area contributed by atoms with Crippen molar-refractivity contribution in [1.29, 1.82) is 0 Å². The lowest BCUT2D eigenvalue weighted by Crippen LogP contribution is -2.46. The topological polar surface area (TPSA) is 72.0 Å². The van der Waals surface area contributed by atoms with E-state index in [1.165, 1.54) is 12.8 Å². The summed E-state index contributed by atoms with van der Waals surface area (Å²) in [4.78, 5) is 11.4. The second-order valence-electron chi connectivity index (χ2n) is 5.91. The fourth-order valence-corrected chi connectivity index (χ4v) is 2.90. The van der Waals surface area contributed by atoms with Crippen molar-refractivity contribution in [3.8, 4) is 0 Å². The van der Waals surface area contributed by atoms with Gasteiger partial charge < -0.3 is 14.4 Å². The average molecular weight is 325 g/mol. The van der Waals surface area contributed by atoms with E-state index in [2.05, 4.69) is 29.9 Å². The molecule has 0 radical (unpaired) electrons. The van der Waals surface area contributed by atoms with Gasteiger partial charge in [-0.3, -0.25) is 4.90 Å². The lowest BCUT2D eigenvalue weighted by atomic mass is 10.1. The molecule has 8 heteroatoms. The molecule has 0 aromatic carbocycles. The van der Waals surface area contributed by atoms with E-state index in [1.807, 2.05) is 19.4 Å². The number of imidazole rings is 1. The van der Waals surface area contributed by atoms with Crippen LogP contribution in [0.3, 0.4) is 0 Å². The van der Waals surface area contributed by atoms with Gasteiger partial charge in [0, 0.05) is 45.0 Å². The smallest absolute Gasteiger partial charge is 0.229 e. The molecule has 1 aliphatic carbocycles. The van der Waals surface area contributed by atoms with Crippen LogP contribution < -0.4 is 5.32 Å². The molecule has 0 bridgehead atoms. The Morgan fingerprint density at radius 1 is 1.41 bits per heavy atom. The quantitative estimate of drug-likeness (QED) is 0.912. The Morgan fingerprint density at radius 3 is 3.00 bits per heavy atom. The van der Waals surface area contributed by atoms with E-state index in [0.717, 1.165) is 43.7 Å². The van der Waals surface area contributed by atoms with Crippen LogP contribution in [-0.4, -0.2) is 44.2 Å². The summed E-state index contributed by atoms with van der Waals surface area (Å²) in [5.74, 6) is 3.19. The average Bonchev–Trinajstić information content (AvgIpc) is 3.10. The lowest BCUT2D eigenvalue weighted by Gasteiger charge is -2.34. The van der Waals surface area contributed by atoms with Gasteiger partial charge in [-0.1, -0.05) is 5.16 Å². The summed E-state index contributed by atoms with van der Waals surface area (Å²) in [6.07, 6.45) is 6.21. The number of rotatable bonds is 4. The van der Waals surface area contributed by atoms with E-state index in [9.17, 15) is 0 Å². The van der Waals surface area contributed by atoms with Crippen molar-refractivity contribution in [1.82, 2.24) is 29.9 Å². The number of hydrogen-bond acceptors (Lipinski definition) is 6. The van der Waals surface area contributed by atoms with Crippen LogP contribution >= 0.6 is 12.4 Å². The van der Waals surface area contributed by atoms with E-state index in [1.54, 1.807) is 0 Å². The Morgan fingerprint density at radius 2 is 2.27 bits per heavy atom. The van der Waals surface area contributed by atoms with Crippen LogP contribution in [0.1, 0.15) is 42.3 Å². The van der Waals surface area contributed by atoms with E-state index < -0.39 is 0 Å². The summed E-state index contributed by atoms with van der Waals surface area (Å²) in [5.41, 5.74) is 0. The van der Waals surface area contributed by atoms with Gasteiger partial charge in [0.15, 0.2) is 5.82 Å². The highest BCUT2D eigenvalue weighted by Crippen LogP contribution is 2.39. The fourth-order valence-electron chi connectivity index (χ4n) is 2.90. The lowest BCUT2D eigenvalue weighted by molar-refractivity contribution is 0.139. The molecule has 7 nitrogen and oxygen atoms in total. The summed E-state index contributed by atoms with van der Waals surface area (Å²) < 4.78 is 7.44. The molecular weight excluding hydrogens is 304 g/mol. The van der Waals surface area contributed by atoms with Gasteiger partial charge in [-0.2, -0.15) is 4.98 Å². The minimum absolute atomic E-state index is 0. The van der Waals surface area contributed by atoms with E-state index in [4.69, 9.17) is 4.52 Å². The van der Waals surface area contributed by atoms with Gasteiger partial charge in [0.05, 0.1) is 12.6 Å². The molecule has 1 atom stereocenters. The third kappa shape index (κ3) is 3.02. The van der Waals surface area contributed by atoms with Crippen LogP contribution in [0, 0.1) is 0 Å². The first-order chi connectivity index (χ1) is 10.3. The number of piperazine rings is 1. The van der Waals surface area contributed by atoms with Crippen molar-refractivity contribution in [3.05, 3.63) is 29.9 Å². The summed E-state index contributed by atoms with van der Waals surface area (Å²) in [5, 5.41) is 7.57. The van der Waals surface area contributed by atoms with E-state index in [0.29, 0.717) is 5.92 Å². The third-order valence-corrected chi connectivity index (χ3v) is 4.27. The second kappa shape index (κ2) is 6.36. The molecule has 1 saturated heterocycles. The van der Waals surface area contributed by atoms with E-state index in [-0.39, 0.29) is 18.4 Å². The van der Waals surface area contributed by atoms with Crippen LogP contribution in [0.15, 0.2) is 16.9 Å². The maximum absolute atomic E-state index is 5.36. The maximum Gasteiger partial charge on any atom is 0.229 e. The Hall–Kier alpha value is -1.44. The number of halogens is 1. The summed E-state index contributed by atoms with van der Waals surface area (Å²) in [7, 11) is 2.04. The van der Waals surface area contributed by atoms with Gasteiger partial charge in [-0.15, -0.1) is 12.4 Å². The molecule has 0 spiro atoms. The molecule has 1 N–H and O–H groups in total. The Bertz CT molecular complexity index is 622. The van der Waals surface area contributed by atoms with Gasteiger partial charge in [-0.05, 0) is 12.8 Å². The van der Waals surface area contributed by atoms with Crippen LogP contribution in [0.2, 0.25) is 0 Å². The molecule has 1 saturated carbocycles. The number of nitrogens with one attached hydrogen (secondary N) is 1. The van der Waals surface area contributed by atoms with Gasteiger partial charge in [0.25, 0.3) is 0 Å². The SMILES string of the molecule is Cl.Cn1ccnc1C1CNCCN1Cc1noc(C2CC2)n1. The monoisotopic (exact) mass is 324 g/mol. The van der Waals surface area contributed by atoms with Crippen molar-refractivity contribution in [2.75, 3.05) is 19.6 Å². The highest BCUT2D eigenvalue weighted by atomic mass is 35.5. The number of aromatic nitrogens is 4. The first-order valence-corrected chi connectivity index (χ1v) is 7.56. The summed E-state index contributed by atoms with van der Waals surface area (Å²) in [6, 6.07) is 0.252. The largest absolute Gasteiger partial charge is 0.339 e. The van der Waals surface area contributed by atoms with Crippen molar-refractivity contribution < 1.29 is 4.52 Å². The normalized spacial score (nSPS) is 22.5. The molecule has 3 heterocycles. The Kier molecular flexibility index (Phi) is 4.46. The van der Waals surface area contributed by atoms with Gasteiger partial charge in [0.2, 0.25) is 5.89 Å². The number of nitrogens with zero attached hydrogens (tertiary/aromatic N) is 5. The predicted octanol–water partition coefficient (Wildman–Crippen LogP) is 1.25. The van der Waals surface area contributed by atoms with Crippen molar-refractivity contribution >= 4 is 12.4 Å². The zero-order valence-corrected chi connectivity index (χ0v) is 13.4. The molecule has 2 aromatic heterocycles. The zero-order valence-electron chi connectivity index (χ0n) is 12.6. The summed E-state index contributed by atoms with van der Waals surface area (Å²) >= 11 is 0. The molecule has 2 fully saturated rings. The first kappa shape index (κ1) is 15.5. The van der Waals surface area contributed by atoms with Gasteiger partial charge in [0.1, 0.15) is 5.82 Å². The molecule has 2 aliphatic rings.